The lowest BCUT2D eigenvalue weighted by Crippen LogP contribution is -2.33. The number of benzene rings is 1. The molecule has 0 unspecified atom stereocenters. The highest BCUT2D eigenvalue weighted by atomic mass is 16.6. The molecule has 0 N–H and O–H groups in total. The zero-order valence-electron chi connectivity index (χ0n) is 27.6. The van der Waals surface area contributed by atoms with Crippen molar-refractivity contribution in [3.63, 3.8) is 0 Å². The van der Waals surface area contributed by atoms with Gasteiger partial charge in [0, 0.05) is 0 Å². The van der Waals surface area contributed by atoms with Crippen LogP contribution >= 0.6 is 0 Å². The Balaban J connectivity index is 1.18. The number of carbonyl (C=O) groups excluding carboxylic acids is 2. The molecule has 0 aliphatic carbocycles. The summed E-state index contributed by atoms with van der Waals surface area (Å²) in [5.41, 5.74) is 0.883. The van der Waals surface area contributed by atoms with Gasteiger partial charge in [0.2, 0.25) is 0 Å². The molecule has 2 amide bonds. The van der Waals surface area contributed by atoms with E-state index in [1.807, 2.05) is 0 Å². The minimum Gasteiger partial charge on any atom is -0.377 e. The number of nitrogens with zero attached hydrogens (tertiary/aromatic N) is 1. The van der Waals surface area contributed by atoms with Crippen LogP contribution in [0.25, 0.3) is 0 Å². The van der Waals surface area contributed by atoms with Gasteiger partial charge in [-0.15, -0.1) is 6.58 Å². The molecule has 1 heterocycles. The average Bonchev–Trinajstić information content (AvgIpc) is 3.33. The van der Waals surface area contributed by atoms with E-state index < -0.39 is 0 Å². The molecule has 47 heavy (non-hydrogen) atoms. The van der Waals surface area contributed by atoms with E-state index >= 15 is 0 Å². The van der Waals surface area contributed by atoms with Crippen molar-refractivity contribution < 1.29 is 61.7 Å². The van der Waals surface area contributed by atoms with Crippen molar-refractivity contribution in [1.82, 2.24) is 4.90 Å². The lowest BCUT2D eigenvalue weighted by atomic mass is 10.1. The van der Waals surface area contributed by atoms with E-state index in [9.17, 15) is 9.59 Å². The Hall–Kier alpha value is -2.34. The predicted octanol–water partition coefficient (Wildman–Crippen LogP) is 1.65. The van der Waals surface area contributed by atoms with Crippen LogP contribution in [0.5, 0.6) is 0 Å². The summed E-state index contributed by atoms with van der Waals surface area (Å²) in [6.07, 6.45) is 1.71. The topological polar surface area (TPSA) is 139 Å². The van der Waals surface area contributed by atoms with Crippen molar-refractivity contribution in [2.75, 3.05) is 152 Å². The second-order valence-corrected chi connectivity index (χ2v) is 9.79. The zero-order chi connectivity index (χ0) is 33.5. The fourth-order valence-corrected chi connectivity index (χ4v) is 3.96. The van der Waals surface area contributed by atoms with Gasteiger partial charge in [0.1, 0.15) is 0 Å². The minimum atomic E-state index is -0.278. The van der Waals surface area contributed by atoms with Gasteiger partial charge in [0.25, 0.3) is 11.8 Å². The first-order chi connectivity index (χ1) is 23.3. The fourth-order valence-electron chi connectivity index (χ4n) is 3.96. The highest BCUT2D eigenvalue weighted by molar-refractivity contribution is 6.21. The van der Waals surface area contributed by atoms with Crippen molar-refractivity contribution in [2.24, 2.45) is 0 Å². The second kappa shape index (κ2) is 29.8. The number of rotatable bonds is 35. The van der Waals surface area contributed by atoms with Gasteiger partial charge >= 0.3 is 0 Å². The summed E-state index contributed by atoms with van der Waals surface area (Å²) >= 11 is 0. The molecular weight excluding hydrogens is 618 g/mol. The number of hydrogen-bond donors (Lipinski definition) is 0. The summed E-state index contributed by atoms with van der Waals surface area (Å²) in [6.45, 7) is 14.3. The Morgan fingerprint density at radius 3 is 0.957 bits per heavy atom. The summed E-state index contributed by atoms with van der Waals surface area (Å²) in [6, 6.07) is 6.82. The van der Waals surface area contributed by atoms with Gasteiger partial charge in [-0.05, 0) is 12.1 Å². The van der Waals surface area contributed by atoms with E-state index in [1.165, 1.54) is 4.90 Å². The van der Waals surface area contributed by atoms with E-state index in [-0.39, 0.29) is 25.0 Å². The molecule has 0 aromatic heterocycles. The SMILES string of the molecule is C=CCOCCOCCOCCOCCOCCOCCOCCOCCOCCOCCOCCN1C(=O)c2ccccc2C1=O. The van der Waals surface area contributed by atoms with E-state index in [2.05, 4.69) is 6.58 Å². The maximum Gasteiger partial charge on any atom is 0.261 e. The van der Waals surface area contributed by atoms with Crippen LogP contribution in [0.3, 0.4) is 0 Å². The number of carbonyl (C=O) groups is 2. The highest BCUT2D eigenvalue weighted by Crippen LogP contribution is 2.21. The lowest BCUT2D eigenvalue weighted by Gasteiger charge is -2.13. The fraction of sp³-hybridized carbons (Fsp3) is 0.697. The van der Waals surface area contributed by atoms with Crippen molar-refractivity contribution in [2.45, 2.75) is 0 Å². The van der Waals surface area contributed by atoms with Gasteiger partial charge in [0.05, 0.1) is 163 Å². The molecule has 0 saturated heterocycles. The van der Waals surface area contributed by atoms with Gasteiger partial charge in [-0.25, -0.2) is 0 Å². The molecule has 1 aromatic rings. The molecule has 14 nitrogen and oxygen atoms in total. The largest absolute Gasteiger partial charge is 0.377 e. The Kier molecular flexibility index (Phi) is 25.9. The molecule has 1 aromatic carbocycles. The zero-order valence-corrected chi connectivity index (χ0v) is 27.6. The van der Waals surface area contributed by atoms with Crippen LogP contribution in [0.15, 0.2) is 36.9 Å². The minimum absolute atomic E-state index is 0.214. The molecule has 0 saturated carbocycles. The van der Waals surface area contributed by atoms with Gasteiger partial charge in [-0.2, -0.15) is 0 Å². The normalized spacial score (nSPS) is 12.7. The van der Waals surface area contributed by atoms with Crippen molar-refractivity contribution >= 4 is 11.8 Å². The smallest absolute Gasteiger partial charge is 0.261 e. The molecule has 2 rings (SSSR count). The van der Waals surface area contributed by atoms with E-state index in [4.69, 9.17) is 52.1 Å². The number of ether oxygens (including phenoxy) is 11. The maximum absolute atomic E-state index is 12.3. The first kappa shape index (κ1) is 40.8. The molecule has 0 bridgehead atoms. The van der Waals surface area contributed by atoms with Crippen LogP contribution in [-0.2, 0) is 52.1 Å². The first-order valence-electron chi connectivity index (χ1n) is 16.2. The Labute approximate surface area is 278 Å². The van der Waals surface area contributed by atoms with Crippen molar-refractivity contribution in [1.29, 1.82) is 0 Å². The first-order valence-corrected chi connectivity index (χ1v) is 16.2. The summed E-state index contributed by atoms with van der Waals surface area (Å²) in [4.78, 5) is 25.8. The predicted molar refractivity (Wildman–Crippen MR) is 171 cm³/mol. The van der Waals surface area contributed by atoms with Gasteiger partial charge < -0.3 is 52.1 Å². The summed E-state index contributed by atoms with van der Waals surface area (Å²) in [5.74, 6) is -0.556. The number of amides is 2. The molecule has 0 fully saturated rings. The second-order valence-electron chi connectivity index (χ2n) is 9.79. The summed E-state index contributed by atoms with van der Waals surface area (Å²) < 4.78 is 59.7. The number of imide groups is 1. The van der Waals surface area contributed by atoms with Gasteiger partial charge in [-0.3, -0.25) is 14.5 Å². The third-order valence-corrected chi connectivity index (χ3v) is 6.29. The van der Waals surface area contributed by atoms with Gasteiger partial charge in [0.15, 0.2) is 0 Å². The molecule has 14 heteroatoms. The molecule has 0 spiro atoms. The third-order valence-electron chi connectivity index (χ3n) is 6.29. The average molecular weight is 672 g/mol. The molecule has 0 atom stereocenters. The van der Waals surface area contributed by atoms with Crippen LogP contribution < -0.4 is 0 Å². The molecule has 1 aliphatic heterocycles. The van der Waals surface area contributed by atoms with Crippen molar-refractivity contribution in [3.05, 3.63) is 48.0 Å². The number of hydrogen-bond acceptors (Lipinski definition) is 13. The quantitative estimate of drug-likeness (QED) is 0.0588. The third kappa shape index (κ3) is 20.6. The van der Waals surface area contributed by atoms with E-state index in [0.29, 0.717) is 150 Å². The molecule has 268 valence electrons. The highest BCUT2D eigenvalue weighted by Gasteiger charge is 2.34. The standard InChI is InChI=1S/C33H53NO13/c1-2-8-37-10-12-39-14-16-41-18-20-43-22-24-45-26-28-47-29-27-46-25-23-44-21-19-42-17-15-40-13-11-38-9-7-34-32(35)30-5-3-4-6-31(30)33(34)36/h2-6H,1,7-29H2. The Morgan fingerprint density at radius 1 is 0.426 bits per heavy atom. The van der Waals surface area contributed by atoms with Crippen LogP contribution in [0.2, 0.25) is 0 Å². The molecular formula is C33H53NO13. The van der Waals surface area contributed by atoms with Crippen LogP contribution in [0, 0.1) is 0 Å². The molecule has 1 aliphatic rings. The van der Waals surface area contributed by atoms with E-state index in [0.717, 1.165) is 0 Å². The monoisotopic (exact) mass is 671 g/mol. The van der Waals surface area contributed by atoms with Gasteiger partial charge in [-0.1, -0.05) is 18.2 Å². The Morgan fingerprint density at radius 2 is 0.681 bits per heavy atom. The van der Waals surface area contributed by atoms with Crippen LogP contribution in [-0.4, -0.2) is 169 Å². The molecule has 0 radical (unpaired) electrons. The van der Waals surface area contributed by atoms with Crippen LogP contribution in [0.4, 0.5) is 0 Å². The lowest BCUT2D eigenvalue weighted by molar-refractivity contribution is -0.0273. The Bertz CT molecular complexity index is 901. The summed E-state index contributed by atoms with van der Waals surface area (Å²) in [5, 5.41) is 0. The number of fused-ring (bicyclic) bond motifs is 1. The van der Waals surface area contributed by atoms with Crippen LogP contribution in [0.1, 0.15) is 20.7 Å². The maximum atomic E-state index is 12.3. The van der Waals surface area contributed by atoms with E-state index in [1.54, 1.807) is 30.3 Å². The summed E-state index contributed by atoms with van der Waals surface area (Å²) in [7, 11) is 0. The van der Waals surface area contributed by atoms with Crippen molar-refractivity contribution in [3.8, 4) is 0 Å².